The quantitative estimate of drug-likeness (QED) is 0.146. The zero-order valence-corrected chi connectivity index (χ0v) is 36.1. The Balaban J connectivity index is 1.22. The Kier molecular flexibility index (Phi) is 10.4. The molecule has 1 atom stereocenters. The molecule has 1 unspecified atom stereocenters. The highest BCUT2D eigenvalue weighted by Crippen LogP contribution is 2.52. The van der Waals surface area contributed by atoms with Gasteiger partial charge < -0.3 is 0 Å². The van der Waals surface area contributed by atoms with Gasteiger partial charge in [-0.3, -0.25) is 0 Å². The van der Waals surface area contributed by atoms with Crippen molar-refractivity contribution in [3.63, 3.8) is 0 Å². The van der Waals surface area contributed by atoms with Crippen LogP contribution in [0.4, 0.5) is 0 Å². The predicted octanol–water partition coefficient (Wildman–Crippen LogP) is 15.2. The van der Waals surface area contributed by atoms with Crippen molar-refractivity contribution in [3.05, 3.63) is 221 Å². The molecule has 3 aliphatic rings. The fourth-order valence-corrected chi connectivity index (χ4v) is 9.82. The smallest absolute Gasteiger partial charge is 0.164 e. The molecule has 7 aromatic rings. The average molecular weight is 802 g/mol. The minimum atomic E-state index is -0.123. The van der Waals surface area contributed by atoms with E-state index >= 15 is 0 Å². The number of aryl methyl sites for hydroxylation is 1. The van der Waals surface area contributed by atoms with Gasteiger partial charge in [-0.05, 0) is 116 Å². The minimum absolute atomic E-state index is 0.123. The van der Waals surface area contributed by atoms with E-state index in [4.69, 9.17) is 15.0 Å². The second kappa shape index (κ2) is 16.5. The lowest BCUT2D eigenvalue weighted by Gasteiger charge is -2.22. The molecule has 3 aliphatic carbocycles. The van der Waals surface area contributed by atoms with E-state index in [1.807, 2.05) is 6.07 Å². The number of hydrogen-bond acceptors (Lipinski definition) is 3. The molecular weight excluding hydrogens is 751 g/mol. The van der Waals surface area contributed by atoms with E-state index < -0.39 is 0 Å². The van der Waals surface area contributed by atoms with Gasteiger partial charge in [-0.1, -0.05) is 192 Å². The Morgan fingerprint density at radius 3 is 1.87 bits per heavy atom. The molecule has 0 saturated heterocycles. The Hall–Kier alpha value is -6.97. The minimum Gasteiger partial charge on any atom is -0.208 e. The number of aromatic nitrogens is 3. The Bertz CT molecular complexity index is 3000. The average Bonchev–Trinajstić information content (AvgIpc) is 3.44. The second-order valence-corrected chi connectivity index (χ2v) is 17.2. The van der Waals surface area contributed by atoms with Crippen LogP contribution in [0.15, 0.2) is 188 Å². The largest absolute Gasteiger partial charge is 0.208 e. The fraction of sp³-hybridized carbons (Fsp3) is 0.169. The van der Waals surface area contributed by atoms with Gasteiger partial charge in [-0.25, -0.2) is 15.0 Å². The van der Waals surface area contributed by atoms with E-state index in [1.54, 1.807) is 0 Å². The van der Waals surface area contributed by atoms with Gasteiger partial charge in [0, 0.05) is 28.0 Å². The summed E-state index contributed by atoms with van der Waals surface area (Å²) in [6.45, 7) is 9.25. The summed E-state index contributed by atoms with van der Waals surface area (Å²) in [5, 5.41) is 0. The summed E-state index contributed by atoms with van der Waals surface area (Å²) in [6, 6.07) is 50.7. The van der Waals surface area contributed by atoms with Crippen molar-refractivity contribution in [3.8, 4) is 56.2 Å². The van der Waals surface area contributed by atoms with Gasteiger partial charge in [0.05, 0.1) is 0 Å². The van der Waals surface area contributed by atoms with E-state index in [1.165, 1.54) is 61.2 Å². The Morgan fingerprint density at radius 2 is 1.15 bits per heavy atom. The first-order chi connectivity index (χ1) is 30.4. The van der Waals surface area contributed by atoms with E-state index in [0.29, 0.717) is 23.4 Å². The predicted molar refractivity (Wildman–Crippen MR) is 260 cm³/mol. The van der Waals surface area contributed by atoms with Crippen LogP contribution in [-0.2, 0) is 11.8 Å². The molecule has 3 nitrogen and oxygen atoms in total. The third-order valence-corrected chi connectivity index (χ3v) is 13.1. The maximum absolute atomic E-state index is 5.36. The van der Waals surface area contributed by atoms with Crippen molar-refractivity contribution in [2.24, 2.45) is 0 Å². The molecule has 3 heteroatoms. The van der Waals surface area contributed by atoms with Crippen LogP contribution in [0.2, 0.25) is 0 Å². The van der Waals surface area contributed by atoms with Crippen LogP contribution in [0.1, 0.15) is 86.5 Å². The van der Waals surface area contributed by atoms with Crippen LogP contribution < -0.4 is 0 Å². The van der Waals surface area contributed by atoms with Crippen molar-refractivity contribution in [1.29, 1.82) is 0 Å². The molecule has 0 N–H and O–H groups in total. The lowest BCUT2D eigenvalue weighted by atomic mass is 9.81. The summed E-state index contributed by atoms with van der Waals surface area (Å²) in [5.41, 5.74) is 19.4. The molecular formula is C59H51N3. The van der Waals surface area contributed by atoms with Crippen LogP contribution in [0.5, 0.6) is 0 Å². The summed E-state index contributed by atoms with van der Waals surface area (Å²) < 4.78 is 0. The first-order valence-corrected chi connectivity index (χ1v) is 22.2. The number of hydrogen-bond donors (Lipinski definition) is 0. The van der Waals surface area contributed by atoms with Crippen molar-refractivity contribution in [2.75, 3.05) is 0 Å². The molecule has 10 rings (SSSR count). The lowest BCUT2D eigenvalue weighted by Crippen LogP contribution is -2.14. The number of benzene rings is 6. The van der Waals surface area contributed by atoms with Crippen LogP contribution in [0, 0.1) is 0 Å². The van der Waals surface area contributed by atoms with E-state index in [2.05, 4.69) is 204 Å². The van der Waals surface area contributed by atoms with Gasteiger partial charge in [-0.15, -0.1) is 0 Å². The topological polar surface area (TPSA) is 38.7 Å². The summed E-state index contributed by atoms with van der Waals surface area (Å²) in [7, 11) is 0. The van der Waals surface area contributed by atoms with Crippen LogP contribution in [0.25, 0.3) is 67.3 Å². The first-order valence-electron chi connectivity index (χ1n) is 22.2. The SMILES string of the molecule is CCC1=C(c2c(CC)cccc2-c2cc(-c3nc(C4=CCC(c5ccccc5)C=C4)nc(-c4ccccc4)n3)cc(-c3cccc4c3-c3ccccc3C4(C)C)c2)C=CCC=C1. The maximum atomic E-state index is 5.36. The van der Waals surface area contributed by atoms with Crippen molar-refractivity contribution >= 4 is 11.1 Å². The molecule has 0 spiro atoms. The lowest BCUT2D eigenvalue weighted by molar-refractivity contribution is 0.660. The number of allylic oxidation sites excluding steroid dienone is 10. The van der Waals surface area contributed by atoms with E-state index in [9.17, 15) is 0 Å². The molecule has 0 fully saturated rings. The van der Waals surface area contributed by atoms with Gasteiger partial charge in [0.1, 0.15) is 0 Å². The highest BCUT2D eigenvalue weighted by molar-refractivity contribution is 5.96. The highest BCUT2D eigenvalue weighted by atomic mass is 15.0. The van der Waals surface area contributed by atoms with Crippen molar-refractivity contribution in [1.82, 2.24) is 15.0 Å². The molecule has 1 heterocycles. The Morgan fingerprint density at radius 1 is 0.532 bits per heavy atom. The number of fused-ring (bicyclic) bond motifs is 3. The second-order valence-electron chi connectivity index (χ2n) is 17.2. The third kappa shape index (κ3) is 7.12. The summed E-state index contributed by atoms with van der Waals surface area (Å²) >= 11 is 0. The van der Waals surface area contributed by atoms with Crippen molar-refractivity contribution in [2.45, 2.75) is 64.7 Å². The molecule has 0 amide bonds. The summed E-state index contributed by atoms with van der Waals surface area (Å²) in [4.78, 5) is 15.8. The molecule has 0 saturated carbocycles. The normalized spacial score (nSPS) is 16.2. The molecule has 62 heavy (non-hydrogen) atoms. The third-order valence-electron chi connectivity index (χ3n) is 13.1. The van der Waals surface area contributed by atoms with Crippen LogP contribution in [-0.4, -0.2) is 15.0 Å². The molecule has 302 valence electrons. The van der Waals surface area contributed by atoms with E-state index in [0.717, 1.165) is 53.5 Å². The first kappa shape index (κ1) is 39.2. The van der Waals surface area contributed by atoms with Crippen LogP contribution in [0.3, 0.4) is 0 Å². The molecule has 0 radical (unpaired) electrons. The fourth-order valence-electron chi connectivity index (χ4n) is 9.82. The molecule has 0 bridgehead atoms. The maximum Gasteiger partial charge on any atom is 0.164 e. The number of nitrogens with zero attached hydrogens (tertiary/aromatic N) is 3. The molecule has 6 aromatic carbocycles. The van der Waals surface area contributed by atoms with Gasteiger partial charge in [0.25, 0.3) is 0 Å². The molecule has 0 aliphatic heterocycles. The Labute approximate surface area is 366 Å². The van der Waals surface area contributed by atoms with E-state index in [-0.39, 0.29) is 5.41 Å². The van der Waals surface area contributed by atoms with Gasteiger partial charge in [0.2, 0.25) is 0 Å². The standard InChI is InChI=1S/C59H51N3/c1-5-39-20-10-9-15-26-48(39)54-40(6-2)25-18-28-49(54)45-36-46(50-29-19-31-53-55(50)51-27-16-17-30-52(51)59(53,3)4)38-47(37-45)58-61-56(43-23-13-8-14-24-43)60-57(62-58)44-34-32-42(33-35-44)41-21-11-7-12-22-41/h7-8,10-32,34-38,42H,5-6,9,33H2,1-4H3. The number of rotatable bonds is 9. The van der Waals surface area contributed by atoms with Gasteiger partial charge in [0.15, 0.2) is 17.5 Å². The summed E-state index contributed by atoms with van der Waals surface area (Å²) in [6.07, 6.45) is 19.7. The zero-order chi connectivity index (χ0) is 42.2. The zero-order valence-electron chi connectivity index (χ0n) is 36.1. The summed E-state index contributed by atoms with van der Waals surface area (Å²) in [5.74, 6) is 2.31. The van der Waals surface area contributed by atoms with Crippen LogP contribution >= 0.6 is 0 Å². The highest BCUT2D eigenvalue weighted by Gasteiger charge is 2.36. The monoisotopic (exact) mass is 801 g/mol. The molecule has 1 aromatic heterocycles. The van der Waals surface area contributed by atoms with Gasteiger partial charge >= 0.3 is 0 Å². The van der Waals surface area contributed by atoms with Crippen molar-refractivity contribution < 1.29 is 0 Å². The van der Waals surface area contributed by atoms with Gasteiger partial charge in [-0.2, -0.15) is 0 Å².